The molecule has 0 radical (unpaired) electrons. The maximum atomic E-state index is 10.9. The van der Waals surface area contributed by atoms with Crippen LogP contribution in [0, 0.1) is 10.1 Å². The lowest BCUT2D eigenvalue weighted by Gasteiger charge is -1.92. The fraction of sp³-hybridized carbons (Fsp3) is 0.273. The molecule has 0 aromatic carbocycles. The van der Waals surface area contributed by atoms with Crippen molar-refractivity contribution in [1.29, 1.82) is 0 Å². The minimum absolute atomic E-state index is 0.144. The van der Waals surface area contributed by atoms with E-state index in [2.05, 4.69) is 9.97 Å². The van der Waals surface area contributed by atoms with Gasteiger partial charge in [0.2, 0.25) is 0 Å². The van der Waals surface area contributed by atoms with Gasteiger partial charge in [0.15, 0.2) is 0 Å². The molecular formula is C11H11N3O2S. The zero-order valence-electron chi connectivity index (χ0n) is 9.29. The normalized spacial score (nSPS) is 10.4. The van der Waals surface area contributed by atoms with Gasteiger partial charge in [-0.3, -0.25) is 15.1 Å². The summed E-state index contributed by atoms with van der Waals surface area (Å²) in [4.78, 5) is 18.9. The predicted octanol–water partition coefficient (Wildman–Crippen LogP) is 3.07. The second kappa shape index (κ2) is 5.01. The first kappa shape index (κ1) is 11.7. The molecule has 2 heterocycles. The van der Waals surface area contributed by atoms with Crippen molar-refractivity contribution >= 4 is 16.3 Å². The first-order valence-electron chi connectivity index (χ1n) is 5.27. The second-order valence-corrected chi connectivity index (χ2v) is 4.50. The van der Waals surface area contributed by atoms with Crippen LogP contribution in [0.3, 0.4) is 0 Å². The number of thiazole rings is 1. The van der Waals surface area contributed by atoms with Gasteiger partial charge in [0, 0.05) is 18.0 Å². The fourth-order valence-corrected chi connectivity index (χ4v) is 2.42. The van der Waals surface area contributed by atoms with Crippen LogP contribution in [0.5, 0.6) is 0 Å². The Morgan fingerprint density at radius 1 is 1.53 bits per heavy atom. The van der Waals surface area contributed by atoms with E-state index in [1.54, 1.807) is 18.5 Å². The number of rotatable bonds is 4. The Labute approximate surface area is 102 Å². The third kappa shape index (κ3) is 2.47. The van der Waals surface area contributed by atoms with E-state index in [9.17, 15) is 10.1 Å². The van der Waals surface area contributed by atoms with Crippen molar-refractivity contribution in [2.75, 3.05) is 0 Å². The summed E-state index contributed by atoms with van der Waals surface area (Å²) in [5.41, 5.74) is 1.39. The Bertz CT molecular complexity index is 525. The highest BCUT2D eigenvalue weighted by Gasteiger charge is 2.20. The third-order valence-electron chi connectivity index (χ3n) is 2.24. The molecule has 0 bridgehead atoms. The van der Waals surface area contributed by atoms with Crippen molar-refractivity contribution in [3.63, 3.8) is 0 Å². The molecule has 0 amide bonds. The maximum Gasteiger partial charge on any atom is 0.347 e. The average Bonchev–Trinajstić information content (AvgIpc) is 2.75. The monoisotopic (exact) mass is 249 g/mol. The van der Waals surface area contributed by atoms with Gasteiger partial charge in [0.05, 0.1) is 4.92 Å². The van der Waals surface area contributed by atoms with Crippen molar-refractivity contribution in [2.45, 2.75) is 19.8 Å². The SMILES string of the molecule is CCCc1nc(-c2cccnc2)sc1[N+](=O)[O-]. The molecule has 0 N–H and O–H groups in total. The molecule has 0 aliphatic rings. The van der Waals surface area contributed by atoms with E-state index in [0.29, 0.717) is 17.1 Å². The molecule has 0 spiro atoms. The van der Waals surface area contributed by atoms with Gasteiger partial charge in [0.1, 0.15) is 10.7 Å². The summed E-state index contributed by atoms with van der Waals surface area (Å²) >= 11 is 1.11. The lowest BCUT2D eigenvalue weighted by molar-refractivity contribution is -0.381. The number of aromatic nitrogens is 2. The molecule has 5 nitrogen and oxygen atoms in total. The Hall–Kier alpha value is -1.82. The number of pyridine rings is 1. The molecule has 2 aromatic heterocycles. The second-order valence-electron chi connectivity index (χ2n) is 3.52. The van der Waals surface area contributed by atoms with Gasteiger partial charge in [0.25, 0.3) is 0 Å². The molecule has 0 aliphatic heterocycles. The summed E-state index contributed by atoms with van der Waals surface area (Å²) in [6.45, 7) is 1.98. The molecule has 0 saturated carbocycles. The summed E-state index contributed by atoms with van der Waals surface area (Å²) in [5.74, 6) is 0. The van der Waals surface area contributed by atoms with Crippen molar-refractivity contribution < 1.29 is 4.92 Å². The molecule has 6 heteroatoms. The first-order valence-corrected chi connectivity index (χ1v) is 6.08. The smallest absolute Gasteiger partial charge is 0.264 e. The van der Waals surface area contributed by atoms with Crippen LogP contribution in [-0.2, 0) is 6.42 Å². The zero-order valence-corrected chi connectivity index (χ0v) is 10.1. The van der Waals surface area contributed by atoms with Crippen LogP contribution < -0.4 is 0 Å². The molecule has 2 rings (SSSR count). The standard InChI is InChI=1S/C11H11N3O2S/c1-2-4-9-11(14(15)16)17-10(13-9)8-5-3-6-12-7-8/h3,5-7H,2,4H2,1H3. The first-order chi connectivity index (χ1) is 8.22. The van der Waals surface area contributed by atoms with Crippen LogP contribution in [0.1, 0.15) is 19.0 Å². The number of aryl methyl sites for hydroxylation is 1. The Kier molecular flexibility index (Phi) is 3.43. The number of hydrogen-bond acceptors (Lipinski definition) is 5. The van der Waals surface area contributed by atoms with E-state index in [1.165, 1.54) is 0 Å². The van der Waals surface area contributed by atoms with Crippen LogP contribution in [0.25, 0.3) is 10.6 Å². The quantitative estimate of drug-likeness (QED) is 0.616. The van der Waals surface area contributed by atoms with Crippen LogP contribution in [0.15, 0.2) is 24.5 Å². The molecule has 88 valence electrons. The van der Waals surface area contributed by atoms with E-state index < -0.39 is 0 Å². The predicted molar refractivity (Wildman–Crippen MR) is 66.0 cm³/mol. The molecule has 17 heavy (non-hydrogen) atoms. The van der Waals surface area contributed by atoms with Gasteiger partial charge in [-0.05, 0) is 29.9 Å². The molecule has 0 saturated heterocycles. The molecule has 0 aliphatic carbocycles. The topological polar surface area (TPSA) is 68.9 Å². The minimum atomic E-state index is -0.359. The van der Waals surface area contributed by atoms with Crippen LogP contribution in [-0.4, -0.2) is 14.9 Å². The highest BCUT2D eigenvalue weighted by Crippen LogP contribution is 2.33. The Morgan fingerprint density at radius 3 is 2.94 bits per heavy atom. The summed E-state index contributed by atoms with van der Waals surface area (Å²) in [6, 6.07) is 3.65. The van der Waals surface area contributed by atoms with Crippen LogP contribution in [0.2, 0.25) is 0 Å². The number of nitro groups is 1. The average molecular weight is 249 g/mol. The highest BCUT2D eigenvalue weighted by molar-refractivity contribution is 7.18. The van der Waals surface area contributed by atoms with Gasteiger partial charge in [-0.15, -0.1) is 0 Å². The highest BCUT2D eigenvalue weighted by atomic mass is 32.1. The van der Waals surface area contributed by atoms with Gasteiger partial charge in [-0.1, -0.05) is 13.3 Å². The summed E-state index contributed by atoms with van der Waals surface area (Å²) in [5, 5.41) is 11.7. The Morgan fingerprint density at radius 2 is 2.35 bits per heavy atom. The largest absolute Gasteiger partial charge is 0.347 e. The summed E-state index contributed by atoms with van der Waals surface area (Å²) < 4.78 is 0. The van der Waals surface area contributed by atoms with Crippen molar-refractivity contribution in [3.05, 3.63) is 40.3 Å². The van der Waals surface area contributed by atoms with E-state index in [0.717, 1.165) is 23.3 Å². The van der Waals surface area contributed by atoms with E-state index >= 15 is 0 Å². The van der Waals surface area contributed by atoms with Gasteiger partial charge >= 0.3 is 5.00 Å². The third-order valence-corrected chi connectivity index (χ3v) is 3.34. The molecule has 0 unspecified atom stereocenters. The lowest BCUT2D eigenvalue weighted by atomic mass is 10.2. The molecule has 0 fully saturated rings. The van der Waals surface area contributed by atoms with Gasteiger partial charge < -0.3 is 0 Å². The zero-order chi connectivity index (χ0) is 12.3. The summed E-state index contributed by atoms with van der Waals surface area (Å²) in [7, 11) is 0. The minimum Gasteiger partial charge on any atom is -0.264 e. The fourth-order valence-electron chi connectivity index (χ4n) is 1.50. The van der Waals surface area contributed by atoms with Gasteiger partial charge in [-0.25, -0.2) is 4.98 Å². The van der Waals surface area contributed by atoms with E-state index in [1.807, 2.05) is 13.0 Å². The van der Waals surface area contributed by atoms with Crippen molar-refractivity contribution in [1.82, 2.24) is 9.97 Å². The van der Waals surface area contributed by atoms with E-state index in [4.69, 9.17) is 0 Å². The van der Waals surface area contributed by atoms with E-state index in [-0.39, 0.29) is 9.92 Å². The number of nitrogens with zero attached hydrogens (tertiary/aromatic N) is 3. The summed E-state index contributed by atoms with van der Waals surface area (Å²) in [6.07, 6.45) is 4.81. The number of hydrogen-bond donors (Lipinski definition) is 0. The molecular weight excluding hydrogens is 238 g/mol. The van der Waals surface area contributed by atoms with Crippen molar-refractivity contribution in [3.8, 4) is 10.6 Å². The maximum absolute atomic E-state index is 10.9. The van der Waals surface area contributed by atoms with Crippen LogP contribution >= 0.6 is 11.3 Å². The molecule has 2 aromatic rings. The van der Waals surface area contributed by atoms with Crippen LogP contribution in [0.4, 0.5) is 5.00 Å². The lowest BCUT2D eigenvalue weighted by Crippen LogP contribution is -1.91. The molecule has 0 atom stereocenters. The van der Waals surface area contributed by atoms with Crippen molar-refractivity contribution in [2.24, 2.45) is 0 Å². The van der Waals surface area contributed by atoms with Gasteiger partial charge in [-0.2, -0.15) is 0 Å². The Balaban J connectivity index is 2.44.